The maximum Gasteiger partial charge on any atom is 0.243 e. The summed E-state index contributed by atoms with van der Waals surface area (Å²) in [7, 11) is 0. The molecule has 1 aliphatic heterocycles. The summed E-state index contributed by atoms with van der Waals surface area (Å²) < 4.78 is 0. The summed E-state index contributed by atoms with van der Waals surface area (Å²) in [5.74, 6) is -7.46. The van der Waals surface area contributed by atoms with Crippen LogP contribution in [0.25, 0.3) is 21.8 Å². The van der Waals surface area contributed by atoms with E-state index < -0.39 is 95.6 Å². The lowest BCUT2D eigenvalue weighted by molar-refractivity contribution is -0.136. The van der Waals surface area contributed by atoms with Crippen LogP contribution in [0.4, 0.5) is 0 Å². The Morgan fingerprint density at radius 1 is 0.359 bits per heavy atom. The lowest BCUT2D eigenvalue weighted by atomic mass is 10.00. The molecule has 1 aliphatic rings. The van der Waals surface area contributed by atoms with Gasteiger partial charge in [-0.25, -0.2) is 9.97 Å². The first-order valence-electron chi connectivity index (χ1n) is 30.0. The highest BCUT2D eigenvalue weighted by Crippen LogP contribution is 2.22. The highest BCUT2D eigenvalue weighted by atomic mass is 16.2. The van der Waals surface area contributed by atoms with Gasteiger partial charge in [0.05, 0.1) is 12.7 Å². The molecule has 0 bridgehead atoms. The molecule has 4 aromatic heterocycles. The Labute approximate surface area is 528 Å². The molecule has 7 aromatic rings. The minimum atomic E-state index is -1.48. The van der Waals surface area contributed by atoms with Crippen molar-refractivity contribution in [2.45, 2.75) is 119 Å². The molecule has 1 saturated heterocycles. The van der Waals surface area contributed by atoms with Crippen LogP contribution in [0, 0.1) is 0 Å². The number of aliphatic imine (C=N–C) groups is 3. The van der Waals surface area contributed by atoms with E-state index in [0.29, 0.717) is 28.1 Å². The fourth-order valence-electron chi connectivity index (χ4n) is 10.7. The van der Waals surface area contributed by atoms with Gasteiger partial charge in [0, 0.05) is 110 Å². The molecule has 92 heavy (non-hydrogen) atoms. The van der Waals surface area contributed by atoms with Crippen LogP contribution >= 0.6 is 0 Å². The predicted molar refractivity (Wildman–Crippen MR) is 344 cm³/mol. The summed E-state index contributed by atoms with van der Waals surface area (Å²) in [6, 6.07) is 11.7. The van der Waals surface area contributed by atoms with E-state index in [2.05, 4.69) is 87.4 Å². The number of aromatic nitrogens is 6. The molecule has 31 nitrogen and oxygen atoms in total. The van der Waals surface area contributed by atoms with Crippen molar-refractivity contribution in [1.82, 2.24) is 72.4 Å². The number of H-pyrrole nitrogens is 4. The van der Waals surface area contributed by atoms with Gasteiger partial charge in [-0.3, -0.25) is 53.3 Å². The van der Waals surface area contributed by atoms with E-state index in [1.165, 1.54) is 25.0 Å². The van der Waals surface area contributed by atoms with Gasteiger partial charge in [0.25, 0.3) is 0 Å². The van der Waals surface area contributed by atoms with Gasteiger partial charge in [0.15, 0.2) is 17.9 Å². The number of rotatable bonds is 22. The van der Waals surface area contributed by atoms with Crippen LogP contribution in [0.3, 0.4) is 0 Å². The number of hydrogen-bond acceptors (Lipinski definition) is 13. The van der Waals surface area contributed by atoms with Gasteiger partial charge >= 0.3 is 0 Å². The minimum Gasteiger partial charge on any atom is -0.370 e. The van der Waals surface area contributed by atoms with E-state index in [-0.39, 0.29) is 108 Å². The number of guanidine groups is 3. The first-order valence-corrected chi connectivity index (χ1v) is 30.0. The number of nitrogens with one attached hydrogen (secondary N) is 12. The molecule has 0 saturated carbocycles. The zero-order valence-corrected chi connectivity index (χ0v) is 50.5. The summed E-state index contributed by atoms with van der Waals surface area (Å²) in [5.41, 5.74) is 38.1. The average Bonchev–Trinajstić information content (AvgIpc) is 1.70. The molecule has 486 valence electrons. The Balaban J connectivity index is 1.25. The van der Waals surface area contributed by atoms with Gasteiger partial charge in [-0.05, 0) is 67.3 Å². The molecule has 0 aliphatic carbocycles. The fourth-order valence-corrected chi connectivity index (χ4v) is 10.7. The molecule has 24 N–H and O–H groups in total. The van der Waals surface area contributed by atoms with Gasteiger partial charge in [-0.2, -0.15) is 0 Å². The van der Waals surface area contributed by atoms with Gasteiger partial charge in [-0.1, -0.05) is 66.7 Å². The number of aromatic amines is 4. The first kappa shape index (κ1) is 66.7. The van der Waals surface area contributed by atoms with Crippen LogP contribution in [-0.2, 0) is 70.5 Å². The number of benzene rings is 3. The van der Waals surface area contributed by atoms with Crippen molar-refractivity contribution in [3.05, 3.63) is 144 Å². The molecule has 0 radical (unpaired) electrons. The third-order valence-corrected chi connectivity index (χ3v) is 15.3. The average molecular weight is 1260 g/mol. The van der Waals surface area contributed by atoms with Crippen molar-refractivity contribution >= 4 is 86.9 Å². The zero-order valence-electron chi connectivity index (χ0n) is 50.5. The Hall–Kier alpha value is -11.3. The van der Waals surface area contributed by atoms with Crippen LogP contribution in [0.5, 0.6) is 0 Å². The van der Waals surface area contributed by atoms with Crippen LogP contribution in [0.1, 0.15) is 66.6 Å². The van der Waals surface area contributed by atoms with E-state index in [1.54, 1.807) is 42.7 Å². The van der Waals surface area contributed by atoms with Crippen molar-refractivity contribution < 1.29 is 38.4 Å². The van der Waals surface area contributed by atoms with Crippen molar-refractivity contribution in [1.29, 1.82) is 0 Å². The van der Waals surface area contributed by atoms with Crippen molar-refractivity contribution in [3.63, 3.8) is 0 Å². The smallest absolute Gasteiger partial charge is 0.243 e. The molecule has 3 aromatic carbocycles. The molecule has 8 atom stereocenters. The van der Waals surface area contributed by atoms with Crippen molar-refractivity contribution in [2.24, 2.45) is 49.4 Å². The molecule has 8 rings (SSSR count). The number of para-hydroxylation sites is 2. The molecule has 0 unspecified atom stereocenters. The number of carbonyl (C=O) groups excluding carboxylic acids is 8. The number of nitrogens with two attached hydrogens (primary N) is 6. The molecular formula is C61H79N23O8. The fraction of sp³-hybridized carbons (Fsp3) is 0.361. The van der Waals surface area contributed by atoms with Crippen LogP contribution in [0.2, 0.25) is 0 Å². The van der Waals surface area contributed by atoms with E-state index in [4.69, 9.17) is 34.4 Å². The summed E-state index contributed by atoms with van der Waals surface area (Å²) in [6.45, 7) is 0.0615. The highest BCUT2D eigenvalue weighted by molar-refractivity contribution is 6.00. The summed E-state index contributed by atoms with van der Waals surface area (Å²) in [4.78, 5) is 153. The maximum absolute atomic E-state index is 15.4. The quantitative estimate of drug-likeness (QED) is 0.0192. The number of fused-ring (bicyclic) bond motifs is 2. The Morgan fingerprint density at radius 2 is 0.663 bits per heavy atom. The predicted octanol–water partition coefficient (Wildman–Crippen LogP) is -2.34. The van der Waals surface area contributed by atoms with Crippen molar-refractivity contribution in [2.75, 3.05) is 19.6 Å². The van der Waals surface area contributed by atoms with E-state index in [0.717, 1.165) is 21.8 Å². The lowest BCUT2D eigenvalue weighted by Crippen LogP contribution is -2.62. The topological polar surface area (TPSA) is 515 Å². The molecule has 31 heteroatoms. The normalized spacial score (nSPS) is 20.8. The Morgan fingerprint density at radius 3 is 1.00 bits per heavy atom. The first-order chi connectivity index (χ1) is 44.4. The molecular weight excluding hydrogens is 1180 g/mol. The van der Waals surface area contributed by atoms with Gasteiger partial charge < -0.3 is 96.9 Å². The number of amides is 8. The third-order valence-electron chi connectivity index (χ3n) is 15.3. The van der Waals surface area contributed by atoms with E-state index in [1.807, 2.05) is 48.5 Å². The minimum absolute atomic E-state index is 0.0162. The van der Waals surface area contributed by atoms with Crippen LogP contribution in [0.15, 0.2) is 131 Å². The second-order valence-electron chi connectivity index (χ2n) is 22.2. The standard InChI is InChI=1S/C61H79N23O8/c62-59(63)70-20-8-17-43-51(85)77-44(18-9-21-71-60(64)65)53(87)81-48(25-36-29-74-42-16-7-5-14-40(36)42)56(90)82-47(24-35-28-73-41-15-6-4-13-39(35)41)55(89)78-45(19-10-22-72-61(66)67)52(86)80-46(23-34-11-2-1-3-12-34)54(88)83-50(27-38-31-69-33-76-38)58(92)84-49(57(91)79-43)26-37-30-68-32-75-37/h1-7,11-16,28-33,43-50,73-74H,8-10,17-27H2,(H,68,75)(H,69,76)(H,77,85)(H,78,89)(H,79,91)(H,80,86)(H,81,87)(H,82,90)(H,83,88)(H,84,92)(H4,62,63,70)(H4,64,65,71)(H4,66,67,72)/t43-,44-,45-,46-,47-,48-,49-,50-/m0/s1. The van der Waals surface area contributed by atoms with Crippen LogP contribution in [-0.4, -0.2) is 163 Å². The second kappa shape index (κ2) is 32.8. The van der Waals surface area contributed by atoms with E-state index in [9.17, 15) is 14.4 Å². The summed E-state index contributed by atoms with van der Waals surface area (Å²) in [5, 5.41) is 24.0. The Kier molecular flexibility index (Phi) is 23.8. The second-order valence-corrected chi connectivity index (χ2v) is 22.2. The highest BCUT2D eigenvalue weighted by Gasteiger charge is 2.37. The number of imidazole rings is 2. The van der Waals surface area contributed by atoms with Crippen molar-refractivity contribution in [3.8, 4) is 0 Å². The molecule has 1 fully saturated rings. The summed E-state index contributed by atoms with van der Waals surface area (Å²) in [6.07, 6.45) is 8.18. The number of hydrogen-bond donors (Lipinski definition) is 18. The molecule has 0 spiro atoms. The molecule has 5 heterocycles. The molecule has 8 amide bonds. The zero-order chi connectivity index (χ0) is 65.5. The number of nitrogens with zero attached hydrogens (tertiary/aromatic N) is 5. The third kappa shape index (κ3) is 19.6. The number of carbonyl (C=O) groups is 8. The van der Waals surface area contributed by atoms with Gasteiger partial charge in [0.2, 0.25) is 47.3 Å². The van der Waals surface area contributed by atoms with E-state index >= 15 is 24.0 Å². The van der Waals surface area contributed by atoms with Gasteiger partial charge in [0.1, 0.15) is 48.3 Å². The summed E-state index contributed by atoms with van der Waals surface area (Å²) >= 11 is 0. The van der Waals surface area contributed by atoms with Gasteiger partial charge in [-0.15, -0.1) is 0 Å². The SMILES string of the molecule is NC(N)=NCCC[C@@H]1NC(=O)[C@H](CCCN=C(N)N)NC(=O)[C@H](Cc2cnc[nH]2)NC(=O)[C@H](Cc2cnc[nH]2)NC(=O)[C@H](Cc2ccccc2)NC(=O)[C@H](CCCN=C(N)N)NC(=O)[C@H](Cc2c[nH]c3ccccc23)NC(=O)[C@H](Cc2c[nH]c3ccccc23)NC1=O. The largest absolute Gasteiger partial charge is 0.370 e. The lowest BCUT2D eigenvalue weighted by Gasteiger charge is -2.29. The van der Waals surface area contributed by atoms with Crippen LogP contribution < -0.4 is 76.9 Å². The monoisotopic (exact) mass is 1260 g/mol. The Bertz CT molecular complexity index is 3720. The maximum atomic E-state index is 15.4.